The summed E-state index contributed by atoms with van der Waals surface area (Å²) in [5.74, 6) is 0.194. The SMILES string of the molecule is Cc1cc(F)c2c(c1)N(C1CCN(C3(C)CCOCC3)CC1)CO2. The summed E-state index contributed by atoms with van der Waals surface area (Å²) in [7, 11) is 0. The number of likely N-dealkylation sites (tertiary alicyclic amines) is 1. The minimum absolute atomic E-state index is 0.236. The van der Waals surface area contributed by atoms with Gasteiger partial charge < -0.3 is 14.4 Å². The highest BCUT2D eigenvalue weighted by Gasteiger charge is 2.38. The van der Waals surface area contributed by atoms with Crippen LogP contribution in [0.4, 0.5) is 10.1 Å². The number of nitrogens with zero attached hydrogens (tertiary/aromatic N) is 2. The zero-order chi connectivity index (χ0) is 16.7. The average Bonchev–Trinajstić information content (AvgIpc) is 3.00. The lowest BCUT2D eigenvalue weighted by molar-refractivity contribution is -0.0285. The van der Waals surface area contributed by atoms with Gasteiger partial charge in [0.2, 0.25) is 0 Å². The molecule has 0 aliphatic carbocycles. The van der Waals surface area contributed by atoms with Crippen LogP contribution in [0.25, 0.3) is 0 Å². The van der Waals surface area contributed by atoms with Gasteiger partial charge >= 0.3 is 0 Å². The Balaban J connectivity index is 1.44. The Morgan fingerprint density at radius 2 is 1.88 bits per heavy atom. The van der Waals surface area contributed by atoms with E-state index in [2.05, 4.69) is 22.8 Å². The molecular weight excluding hydrogens is 307 g/mol. The van der Waals surface area contributed by atoms with Gasteiger partial charge in [-0.3, -0.25) is 4.90 Å². The van der Waals surface area contributed by atoms with Crippen molar-refractivity contribution in [3.8, 4) is 5.75 Å². The van der Waals surface area contributed by atoms with Gasteiger partial charge in [-0.25, -0.2) is 4.39 Å². The summed E-state index contributed by atoms with van der Waals surface area (Å²) in [6.45, 7) is 8.75. The number of benzene rings is 1. The number of halogens is 1. The molecule has 5 heteroatoms. The molecule has 132 valence electrons. The Morgan fingerprint density at radius 3 is 2.58 bits per heavy atom. The quantitative estimate of drug-likeness (QED) is 0.828. The molecule has 0 atom stereocenters. The summed E-state index contributed by atoms with van der Waals surface area (Å²) in [4.78, 5) is 4.90. The maximum Gasteiger partial charge on any atom is 0.180 e. The van der Waals surface area contributed by atoms with Gasteiger partial charge in [0.15, 0.2) is 18.3 Å². The van der Waals surface area contributed by atoms with Crippen molar-refractivity contribution in [1.82, 2.24) is 4.90 Å². The van der Waals surface area contributed by atoms with Gasteiger partial charge in [0, 0.05) is 37.9 Å². The summed E-state index contributed by atoms with van der Waals surface area (Å²) in [6.07, 6.45) is 4.46. The maximum atomic E-state index is 14.1. The number of ether oxygens (including phenoxy) is 2. The van der Waals surface area contributed by atoms with Crippen molar-refractivity contribution in [2.24, 2.45) is 0 Å². The van der Waals surface area contributed by atoms with Crippen molar-refractivity contribution < 1.29 is 13.9 Å². The van der Waals surface area contributed by atoms with E-state index >= 15 is 0 Å². The molecule has 0 N–H and O–H groups in total. The highest BCUT2D eigenvalue weighted by Crippen LogP contribution is 2.40. The molecule has 1 aromatic rings. The highest BCUT2D eigenvalue weighted by molar-refractivity contribution is 5.64. The molecule has 0 bridgehead atoms. The molecule has 0 unspecified atom stereocenters. The highest BCUT2D eigenvalue weighted by atomic mass is 19.1. The lowest BCUT2D eigenvalue weighted by Gasteiger charge is -2.48. The number of hydrogen-bond donors (Lipinski definition) is 0. The summed E-state index contributed by atoms with van der Waals surface area (Å²) in [5.41, 5.74) is 2.17. The minimum Gasteiger partial charge on any atom is -0.468 e. The van der Waals surface area contributed by atoms with Gasteiger partial charge in [0.25, 0.3) is 0 Å². The molecule has 0 aromatic heterocycles. The van der Waals surface area contributed by atoms with Gasteiger partial charge in [-0.15, -0.1) is 0 Å². The van der Waals surface area contributed by atoms with Gasteiger partial charge in [0.1, 0.15) is 0 Å². The Kier molecular flexibility index (Phi) is 4.17. The first-order valence-corrected chi connectivity index (χ1v) is 9.09. The fraction of sp³-hybridized carbons (Fsp3) is 0.684. The van der Waals surface area contributed by atoms with Crippen LogP contribution in [0.5, 0.6) is 5.75 Å². The van der Waals surface area contributed by atoms with Crippen LogP contribution in [-0.4, -0.2) is 49.5 Å². The Bertz CT molecular complexity index is 608. The molecule has 24 heavy (non-hydrogen) atoms. The summed E-state index contributed by atoms with van der Waals surface area (Å²) in [6, 6.07) is 4.04. The van der Waals surface area contributed by atoms with Crippen LogP contribution in [0, 0.1) is 12.7 Å². The van der Waals surface area contributed by atoms with E-state index in [1.54, 1.807) is 6.07 Å². The monoisotopic (exact) mass is 334 g/mol. The van der Waals surface area contributed by atoms with Gasteiger partial charge in [-0.2, -0.15) is 0 Å². The Morgan fingerprint density at radius 1 is 1.17 bits per heavy atom. The van der Waals surface area contributed by atoms with Crippen molar-refractivity contribution in [3.05, 3.63) is 23.5 Å². The zero-order valence-electron chi connectivity index (χ0n) is 14.7. The predicted octanol–water partition coefficient (Wildman–Crippen LogP) is 3.32. The summed E-state index contributed by atoms with van der Waals surface area (Å²) < 4.78 is 25.2. The van der Waals surface area contributed by atoms with E-state index in [0.29, 0.717) is 18.5 Å². The Labute approximate surface area is 143 Å². The fourth-order valence-corrected chi connectivity index (χ4v) is 4.42. The second kappa shape index (κ2) is 6.19. The van der Waals surface area contributed by atoms with Crippen LogP contribution in [0.2, 0.25) is 0 Å². The molecule has 1 aromatic carbocycles. The van der Waals surface area contributed by atoms with Gasteiger partial charge in [0.05, 0.1) is 5.69 Å². The van der Waals surface area contributed by atoms with Crippen LogP contribution in [0.3, 0.4) is 0 Å². The lowest BCUT2D eigenvalue weighted by Crippen LogP contribution is -2.55. The van der Waals surface area contributed by atoms with Gasteiger partial charge in [-0.1, -0.05) is 0 Å². The van der Waals surface area contributed by atoms with E-state index in [1.165, 1.54) is 0 Å². The first-order valence-electron chi connectivity index (χ1n) is 9.09. The summed E-state index contributed by atoms with van der Waals surface area (Å²) >= 11 is 0. The zero-order valence-corrected chi connectivity index (χ0v) is 14.7. The van der Waals surface area contributed by atoms with E-state index in [1.807, 2.05) is 6.92 Å². The van der Waals surface area contributed by atoms with Crippen LogP contribution in [0.1, 0.15) is 38.2 Å². The predicted molar refractivity (Wildman–Crippen MR) is 92.2 cm³/mol. The molecule has 4 rings (SSSR count). The van der Waals surface area contributed by atoms with Crippen molar-refractivity contribution in [3.63, 3.8) is 0 Å². The molecule has 3 heterocycles. The second-order valence-electron chi connectivity index (χ2n) is 7.67. The number of piperidine rings is 1. The third-order valence-electron chi connectivity index (χ3n) is 6.06. The molecule has 4 nitrogen and oxygen atoms in total. The van der Waals surface area contributed by atoms with Crippen LogP contribution >= 0.6 is 0 Å². The van der Waals surface area contributed by atoms with Crippen molar-refractivity contribution in [1.29, 1.82) is 0 Å². The number of hydrogen-bond acceptors (Lipinski definition) is 4. The van der Waals surface area contributed by atoms with Crippen molar-refractivity contribution in [2.75, 3.05) is 37.9 Å². The first-order chi connectivity index (χ1) is 11.6. The fourth-order valence-electron chi connectivity index (χ4n) is 4.42. The molecule has 2 fully saturated rings. The van der Waals surface area contributed by atoms with Crippen molar-refractivity contribution in [2.45, 2.75) is 51.1 Å². The second-order valence-corrected chi connectivity index (χ2v) is 7.67. The molecule has 0 amide bonds. The third-order valence-corrected chi connectivity index (χ3v) is 6.06. The molecule has 0 saturated carbocycles. The third kappa shape index (κ3) is 2.78. The van der Waals surface area contributed by atoms with Crippen LogP contribution in [-0.2, 0) is 4.74 Å². The number of rotatable bonds is 2. The topological polar surface area (TPSA) is 24.9 Å². The Hall–Kier alpha value is -1.33. The lowest BCUT2D eigenvalue weighted by atomic mass is 9.87. The molecule has 3 aliphatic rings. The van der Waals surface area contributed by atoms with Gasteiger partial charge in [-0.05, 0) is 57.2 Å². The largest absolute Gasteiger partial charge is 0.468 e. The van der Waals surface area contributed by atoms with E-state index in [4.69, 9.17) is 9.47 Å². The first kappa shape index (κ1) is 16.2. The minimum atomic E-state index is -0.236. The van der Waals surface area contributed by atoms with E-state index < -0.39 is 0 Å². The summed E-state index contributed by atoms with van der Waals surface area (Å²) in [5, 5.41) is 0. The molecule has 0 spiro atoms. The maximum absolute atomic E-state index is 14.1. The number of aryl methyl sites for hydroxylation is 1. The average molecular weight is 334 g/mol. The van der Waals surface area contributed by atoms with E-state index in [0.717, 1.165) is 63.2 Å². The number of fused-ring (bicyclic) bond motifs is 1. The van der Waals surface area contributed by atoms with Crippen LogP contribution in [0.15, 0.2) is 12.1 Å². The molecule has 3 aliphatic heterocycles. The molecular formula is C19H27FN2O2. The molecule has 2 saturated heterocycles. The smallest absolute Gasteiger partial charge is 0.180 e. The van der Waals surface area contributed by atoms with E-state index in [-0.39, 0.29) is 11.4 Å². The normalized spacial score (nSPS) is 24.7. The van der Waals surface area contributed by atoms with E-state index in [9.17, 15) is 4.39 Å². The van der Waals surface area contributed by atoms with Crippen LogP contribution < -0.4 is 9.64 Å². The number of anilines is 1. The molecule has 0 radical (unpaired) electrons. The van der Waals surface area contributed by atoms with Crippen molar-refractivity contribution >= 4 is 5.69 Å². The standard InChI is InChI=1S/C19H27FN2O2/c1-14-11-16(20)18-17(12-14)22(13-24-18)15-3-7-21(8-4-15)19(2)5-9-23-10-6-19/h11-12,15H,3-10,13H2,1-2H3.